The van der Waals surface area contributed by atoms with Crippen LogP contribution in [0, 0.1) is 0 Å². The number of amides is 2. The van der Waals surface area contributed by atoms with Crippen LogP contribution in [0.25, 0.3) is 0 Å². The highest BCUT2D eigenvalue weighted by atomic mass is 16.3. The number of hydrogen-bond donors (Lipinski definition) is 4. The molecule has 0 radical (unpaired) electrons. The lowest BCUT2D eigenvalue weighted by atomic mass is 10.0. The van der Waals surface area contributed by atoms with Gasteiger partial charge in [-0.1, -0.05) is 72.8 Å². The summed E-state index contributed by atoms with van der Waals surface area (Å²) in [6.07, 6.45) is 0. The molecule has 6 nitrogen and oxygen atoms in total. The van der Waals surface area contributed by atoms with E-state index < -0.39 is 23.9 Å². The summed E-state index contributed by atoms with van der Waals surface area (Å²) in [5.41, 5.74) is 1.91. The first-order valence-corrected chi connectivity index (χ1v) is 9.66. The maximum atomic E-state index is 12.9. The standard InChI is InChI=1S/C24H24N2O4/c27-15-21(17-9-3-1-4-10-17)25-23(29)19-13-7-8-14-20(19)24(30)26-22(16-28)18-11-5-2-6-12-18/h1-14,21-22,27-28H,15-16H2,(H,25,29)(H,26,30)/t21-,22-/m1/s1. The lowest BCUT2D eigenvalue weighted by Crippen LogP contribution is -2.35. The van der Waals surface area contributed by atoms with Gasteiger partial charge in [0.2, 0.25) is 0 Å². The maximum Gasteiger partial charge on any atom is 0.252 e. The van der Waals surface area contributed by atoms with Gasteiger partial charge in [-0.15, -0.1) is 0 Å². The van der Waals surface area contributed by atoms with Gasteiger partial charge in [0.15, 0.2) is 0 Å². The third-order valence-corrected chi connectivity index (χ3v) is 4.80. The molecule has 0 unspecified atom stereocenters. The minimum Gasteiger partial charge on any atom is -0.394 e. The van der Waals surface area contributed by atoms with Gasteiger partial charge in [0, 0.05) is 0 Å². The largest absolute Gasteiger partial charge is 0.394 e. The number of carbonyl (C=O) groups is 2. The molecule has 0 aromatic heterocycles. The number of nitrogens with one attached hydrogen (secondary N) is 2. The van der Waals surface area contributed by atoms with Crippen molar-refractivity contribution in [2.24, 2.45) is 0 Å². The highest BCUT2D eigenvalue weighted by Gasteiger charge is 2.22. The normalized spacial score (nSPS) is 12.6. The number of rotatable bonds is 8. The second kappa shape index (κ2) is 10.3. The smallest absolute Gasteiger partial charge is 0.252 e. The fraction of sp³-hybridized carbons (Fsp3) is 0.167. The molecule has 0 heterocycles. The second-order valence-electron chi connectivity index (χ2n) is 6.78. The van der Waals surface area contributed by atoms with E-state index in [-0.39, 0.29) is 24.3 Å². The molecule has 154 valence electrons. The molecule has 2 atom stereocenters. The highest BCUT2D eigenvalue weighted by molar-refractivity contribution is 6.07. The molecular formula is C24H24N2O4. The van der Waals surface area contributed by atoms with E-state index in [0.717, 1.165) is 11.1 Å². The van der Waals surface area contributed by atoms with Crippen LogP contribution in [0.2, 0.25) is 0 Å². The second-order valence-corrected chi connectivity index (χ2v) is 6.78. The molecule has 3 aromatic carbocycles. The van der Waals surface area contributed by atoms with Crippen LogP contribution in [0.3, 0.4) is 0 Å². The van der Waals surface area contributed by atoms with Gasteiger partial charge in [-0.25, -0.2) is 0 Å². The zero-order valence-corrected chi connectivity index (χ0v) is 16.4. The lowest BCUT2D eigenvalue weighted by Gasteiger charge is -2.20. The van der Waals surface area contributed by atoms with E-state index in [2.05, 4.69) is 10.6 Å². The van der Waals surface area contributed by atoms with Crippen molar-refractivity contribution in [2.45, 2.75) is 12.1 Å². The van der Waals surface area contributed by atoms with Gasteiger partial charge in [0.05, 0.1) is 36.4 Å². The molecule has 6 heteroatoms. The molecule has 0 spiro atoms. The average molecular weight is 404 g/mol. The molecule has 0 fully saturated rings. The summed E-state index contributed by atoms with van der Waals surface area (Å²) in [4.78, 5) is 25.8. The Morgan fingerprint density at radius 3 is 1.27 bits per heavy atom. The Morgan fingerprint density at radius 1 is 0.600 bits per heavy atom. The zero-order valence-electron chi connectivity index (χ0n) is 16.4. The molecule has 0 bridgehead atoms. The first-order chi connectivity index (χ1) is 14.6. The minimum atomic E-state index is -0.593. The Kier molecular flexibility index (Phi) is 7.32. The van der Waals surface area contributed by atoms with Crippen LogP contribution in [0.15, 0.2) is 84.9 Å². The molecular weight excluding hydrogens is 380 g/mol. The van der Waals surface area contributed by atoms with Gasteiger partial charge in [0.25, 0.3) is 11.8 Å². The summed E-state index contributed by atoms with van der Waals surface area (Å²) >= 11 is 0. The third-order valence-electron chi connectivity index (χ3n) is 4.80. The fourth-order valence-corrected chi connectivity index (χ4v) is 3.19. The van der Waals surface area contributed by atoms with Crippen molar-refractivity contribution in [1.29, 1.82) is 0 Å². The summed E-state index contributed by atoms with van der Waals surface area (Å²) in [6.45, 7) is -0.546. The topological polar surface area (TPSA) is 98.7 Å². The van der Waals surface area contributed by atoms with Crippen molar-refractivity contribution in [3.8, 4) is 0 Å². The van der Waals surface area contributed by atoms with Crippen LogP contribution >= 0.6 is 0 Å². The van der Waals surface area contributed by atoms with Gasteiger partial charge in [-0.05, 0) is 23.3 Å². The van der Waals surface area contributed by atoms with E-state index in [1.807, 2.05) is 60.7 Å². The number of aliphatic hydroxyl groups is 2. The van der Waals surface area contributed by atoms with Crippen LogP contribution < -0.4 is 10.6 Å². The van der Waals surface area contributed by atoms with Gasteiger partial charge in [0.1, 0.15) is 0 Å². The van der Waals surface area contributed by atoms with Crippen molar-refractivity contribution in [3.05, 3.63) is 107 Å². The van der Waals surface area contributed by atoms with E-state index in [9.17, 15) is 19.8 Å². The maximum absolute atomic E-state index is 12.9. The zero-order chi connectivity index (χ0) is 21.3. The van der Waals surface area contributed by atoms with Crippen LogP contribution in [-0.4, -0.2) is 35.2 Å². The third kappa shape index (κ3) is 5.11. The fourth-order valence-electron chi connectivity index (χ4n) is 3.19. The molecule has 0 aliphatic rings. The number of carbonyl (C=O) groups excluding carboxylic acids is 2. The van der Waals surface area contributed by atoms with Crippen molar-refractivity contribution < 1.29 is 19.8 Å². The van der Waals surface area contributed by atoms with E-state index >= 15 is 0 Å². The summed E-state index contributed by atoms with van der Waals surface area (Å²) in [6, 6.07) is 23.5. The summed E-state index contributed by atoms with van der Waals surface area (Å²) in [5, 5.41) is 25.0. The van der Waals surface area contributed by atoms with E-state index in [4.69, 9.17) is 0 Å². The van der Waals surface area contributed by atoms with Gasteiger partial charge in [-0.2, -0.15) is 0 Å². The Morgan fingerprint density at radius 2 is 0.933 bits per heavy atom. The predicted octanol–water partition coefficient (Wildman–Crippen LogP) is 2.61. The summed E-state index contributed by atoms with van der Waals surface area (Å²) < 4.78 is 0. The highest BCUT2D eigenvalue weighted by Crippen LogP contribution is 2.17. The Bertz CT molecular complexity index is 896. The molecule has 3 aromatic rings. The molecule has 0 saturated heterocycles. The quantitative estimate of drug-likeness (QED) is 0.464. The molecule has 2 amide bonds. The molecule has 0 aliphatic carbocycles. The van der Waals surface area contributed by atoms with Gasteiger partial charge < -0.3 is 20.8 Å². The Hall–Kier alpha value is -3.48. The average Bonchev–Trinajstić information content (AvgIpc) is 2.81. The van der Waals surface area contributed by atoms with Crippen LogP contribution in [0.5, 0.6) is 0 Å². The predicted molar refractivity (Wildman–Crippen MR) is 114 cm³/mol. The minimum absolute atomic E-state index is 0.189. The Labute approximate surface area is 175 Å². The molecule has 0 aliphatic heterocycles. The number of benzene rings is 3. The SMILES string of the molecule is O=C(N[C@H](CO)c1ccccc1)c1ccccc1C(=O)N[C@H](CO)c1ccccc1. The van der Waals surface area contributed by atoms with Crippen molar-refractivity contribution in [2.75, 3.05) is 13.2 Å². The molecule has 30 heavy (non-hydrogen) atoms. The monoisotopic (exact) mass is 404 g/mol. The first-order valence-electron chi connectivity index (χ1n) is 9.66. The summed E-state index contributed by atoms with van der Waals surface area (Å²) in [5.74, 6) is -0.937. The Balaban J connectivity index is 1.79. The molecule has 4 N–H and O–H groups in total. The van der Waals surface area contributed by atoms with E-state index in [1.165, 1.54) is 0 Å². The molecule has 3 rings (SSSR count). The number of hydrogen-bond acceptors (Lipinski definition) is 4. The van der Waals surface area contributed by atoms with E-state index in [0.29, 0.717) is 0 Å². The van der Waals surface area contributed by atoms with E-state index in [1.54, 1.807) is 24.3 Å². The van der Waals surface area contributed by atoms with Gasteiger partial charge >= 0.3 is 0 Å². The van der Waals surface area contributed by atoms with Crippen LogP contribution in [0.1, 0.15) is 43.9 Å². The van der Waals surface area contributed by atoms with Crippen molar-refractivity contribution in [1.82, 2.24) is 10.6 Å². The van der Waals surface area contributed by atoms with Gasteiger partial charge in [-0.3, -0.25) is 9.59 Å². The van der Waals surface area contributed by atoms with Crippen LogP contribution in [0.4, 0.5) is 0 Å². The van der Waals surface area contributed by atoms with Crippen molar-refractivity contribution >= 4 is 11.8 Å². The first kappa shape index (κ1) is 21.2. The van der Waals surface area contributed by atoms with Crippen LogP contribution in [-0.2, 0) is 0 Å². The lowest BCUT2D eigenvalue weighted by molar-refractivity contribution is 0.0882. The number of aliphatic hydroxyl groups excluding tert-OH is 2. The van der Waals surface area contributed by atoms with Crippen molar-refractivity contribution in [3.63, 3.8) is 0 Å². The molecule has 0 saturated carbocycles. The summed E-state index contributed by atoms with van der Waals surface area (Å²) in [7, 11) is 0.